The second kappa shape index (κ2) is 5.11. The molecule has 0 saturated heterocycles. The van der Waals surface area contributed by atoms with Crippen LogP contribution in [0.5, 0.6) is 0 Å². The normalized spacial score (nSPS) is 16.9. The first-order valence-electron chi connectivity index (χ1n) is 6.45. The number of hydrogen-bond acceptors (Lipinski definition) is 4. The van der Waals surface area contributed by atoms with Gasteiger partial charge in [-0.15, -0.1) is 0 Å². The zero-order chi connectivity index (χ0) is 15.0. The van der Waals surface area contributed by atoms with Crippen molar-refractivity contribution in [1.82, 2.24) is 15.8 Å². The molecule has 3 rings (SSSR count). The Labute approximate surface area is 121 Å². The molecule has 0 amide bonds. The number of hydrazine groups is 1. The zero-order valence-corrected chi connectivity index (χ0v) is 11.4. The Balaban J connectivity index is 1.94. The summed E-state index contributed by atoms with van der Waals surface area (Å²) in [4.78, 5) is 1.99. The van der Waals surface area contributed by atoms with Gasteiger partial charge in [-0.2, -0.15) is 0 Å². The molecule has 0 saturated carbocycles. The minimum Gasteiger partial charge on any atom is -0.396 e. The van der Waals surface area contributed by atoms with Crippen LogP contribution in [-0.4, -0.2) is 25.0 Å². The minimum atomic E-state index is -0.809. The highest BCUT2D eigenvalue weighted by atomic mass is 19.1. The number of likely N-dealkylation sites (N-methyl/N-ethyl adjacent to an activating group) is 1. The van der Waals surface area contributed by atoms with Crippen LogP contribution in [-0.2, 0) is 0 Å². The molecule has 1 aromatic carbocycles. The molecule has 0 radical (unpaired) electrons. The van der Waals surface area contributed by atoms with E-state index in [9.17, 15) is 8.78 Å². The fourth-order valence-corrected chi connectivity index (χ4v) is 2.34. The molecule has 6 heteroatoms. The van der Waals surface area contributed by atoms with Gasteiger partial charge in [-0.25, -0.2) is 14.2 Å². The van der Waals surface area contributed by atoms with Crippen molar-refractivity contribution < 1.29 is 8.78 Å². The molecule has 0 atom stereocenters. The van der Waals surface area contributed by atoms with E-state index in [1.54, 1.807) is 0 Å². The lowest BCUT2D eigenvalue weighted by Crippen LogP contribution is -2.33. The van der Waals surface area contributed by atoms with Gasteiger partial charge in [0.05, 0.1) is 17.8 Å². The van der Waals surface area contributed by atoms with E-state index in [0.717, 1.165) is 23.0 Å². The highest BCUT2D eigenvalue weighted by Crippen LogP contribution is 2.20. The van der Waals surface area contributed by atoms with Crippen molar-refractivity contribution in [2.45, 2.75) is 0 Å². The summed E-state index contributed by atoms with van der Waals surface area (Å²) in [5.74, 6) is 4.88. The van der Waals surface area contributed by atoms with Gasteiger partial charge >= 0.3 is 0 Å². The van der Waals surface area contributed by atoms with Gasteiger partial charge in [-0.05, 0) is 18.2 Å². The molecule has 0 aromatic heterocycles. The highest BCUT2D eigenvalue weighted by molar-refractivity contribution is 5.53. The lowest BCUT2D eigenvalue weighted by Gasteiger charge is -2.24. The van der Waals surface area contributed by atoms with Crippen LogP contribution in [0.2, 0.25) is 0 Å². The maximum atomic E-state index is 13.8. The molecule has 0 spiro atoms. The molecule has 0 unspecified atom stereocenters. The molecule has 0 bridgehead atoms. The molecular weight excluding hydrogens is 274 g/mol. The van der Waals surface area contributed by atoms with Crippen LogP contribution in [0.3, 0.4) is 0 Å². The topological polar surface area (TPSA) is 53.3 Å². The van der Waals surface area contributed by atoms with Crippen LogP contribution < -0.4 is 16.6 Å². The molecular formula is C15H14F2N4. The second-order valence-electron chi connectivity index (χ2n) is 4.95. The van der Waals surface area contributed by atoms with Gasteiger partial charge < -0.3 is 16.1 Å². The summed E-state index contributed by atoms with van der Waals surface area (Å²) in [6.45, 7) is 1.26. The predicted octanol–water partition coefficient (Wildman–Crippen LogP) is 1.09. The van der Waals surface area contributed by atoms with Crippen LogP contribution in [0.15, 0.2) is 35.2 Å². The molecule has 4 N–H and O–H groups in total. The molecule has 2 aliphatic heterocycles. The Morgan fingerprint density at radius 2 is 2.10 bits per heavy atom. The quantitative estimate of drug-likeness (QED) is 0.494. The first-order chi connectivity index (χ1) is 10.1. The first-order valence-corrected chi connectivity index (χ1v) is 6.45. The van der Waals surface area contributed by atoms with Crippen molar-refractivity contribution in [2.24, 2.45) is 0 Å². The van der Waals surface area contributed by atoms with Gasteiger partial charge in [0.15, 0.2) is 5.82 Å². The number of nitrogens with zero attached hydrogens (tertiary/aromatic N) is 1. The lowest BCUT2D eigenvalue weighted by molar-refractivity contribution is 0.409. The maximum Gasteiger partial charge on any atom is 0.164 e. The Kier molecular flexibility index (Phi) is 3.28. The Morgan fingerprint density at radius 1 is 1.29 bits per heavy atom. The summed E-state index contributed by atoms with van der Waals surface area (Å²) in [5, 5.41) is 0. The molecule has 0 aliphatic carbocycles. The fourth-order valence-electron chi connectivity index (χ4n) is 2.34. The van der Waals surface area contributed by atoms with Gasteiger partial charge in [0.1, 0.15) is 11.6 Å². The summed E-state index contributed by atoms with van der Waals surface area (Å²) in [7, 11) is 1.92. The van der Waals surface area contributed by atoms with Gasteiger partial charge in [0.2, 0.25) is 0 Å². The van der Waals surface area contributed by atoms with E-state index in [1.807, 2.05) is 18.0 Å². The summed E-state index contributed by atoms with van der Waals surface area (Å²) in [5.41, 5.74) is 13.0. The number of hydrogen-bond donors (Lipinski definition) is 3. The second-order valence-corrected chi connectivity index (χ2v) is 4.95. The largest absolute Gasteiger partial charge is 0.396 e. The van der Waals surface area contributed by atoms with Crippen molar-refractivity contribution in [3.8, 4) is 11.8 Å². The molecule has 0 fully saturated rings. The molecule has 2 heterocycles. The first kappa shape index (κ1) is 13.5. The van der Waals surface area contributed by atoms with Crippen molar-refractivity contribution in [2.75, 3.05) is 25.9 Å². The molecule has 108 valence electrons. The van der Waals surface area contributed by atoms with Crippen molar-refractivity contribution in [3.05, 3.63) is 52.4 Å². The number of nitrogens with one attached hydrogen (secondary N) is 2. The van der Waals surface area contributed by atoms with E-state index in [-0.39, 0.29) is 11.3 Å². The predicted molar refractivity (Wildman–Crippen MR) is 76.5 cm³/mol. The van der Waals surface area contributed by atoms with Gasteiger partial charge in [-0.3, -0.25) is 0 Å². The standard InChI is InChI=1S/C15H14F2N4/c1-21-8-9(6-10-7-19-20-15(10)21)2-3-11-12(16)4-5-13(18)14(11)17/h4-6,19-20H,7-8,18H2,1H3. The van der Waals surface area contributed by atoms with Gasteiger partial charge in [0.25, 0.3) is 0 Å². The highest BCUT2D eigenvalue weighted by Gasteiger charge is 2.20. The van der Waals surface area contributed by atoms with Crippen molar-refractivity contribution >= 4 is 5.69 Å². The number of halogens is 2. The van der Waals surface area contributed by atoms with E-state index in [4.69, 9.17) is 5.73 Å². The number of benzene rings is 1. The molecule has 4 nitrogen and oxygen atoms in total. The molecule has 21 heavy (non-hydrogen) atoms. The van der Waals surface area contributed by atoms with Crippen molar-refractivity contribution in [1.29, 1.82) is 0 Å². The summed E-state index contributed by atoms with van der Waals surface area (Å²) in [6.07, 6.45) is 1.93. The molecule has 2 aliphatic rings. The Bertz CT molecular complexity index is 725. The number of anilines is 1. The monoisotopic (exact) mass is 288 g/mol. The number of nitrogen functional groups attached to an aromatic ring is 1. The van der Waals surface area contributed by atoms with Crippen LogP contribution in [0.25, 0.3) is 0 Å². The summed E-state index contributed by atoms with van der Waals surface area (Å²) in [6, 6.07) is 2.31. The maximum absolute atomic E-state index is 13.8. The smallest absolute Gasteiger partial charge is 0.164 e. The van der Waals surface area contributed by atoms with Crippen LogP contribution in [0.1, 0.15) is 5.56 Å². The van der Waals surface area contributed by atoms with E-state index in [2.05, 4.69) is 22.7 Å². The van der Waals surface area contributed by atoms with Crippen LogP contribution >= 0.6 is 0 Å². The third kappa shape index (κ3) is 2.43. The number of nitrogens with two attached hydrogens (primary N) is 1. The van der Waals surface area contributed by atoms with Gasteiger partial charge in [-0.1, -0.05) is 11.8 Å². The van der Waals surface area contributed by atoms with Crippen LogP contribution in [0, 0.1) is 23.5 Å². The number of rotatable bonds is 0. The Morgan fingerprint density at radius 3 is 2.90 bits per heavy atom. The Hall–Kier alpha value is -2.52. The van der Waals surface area contributed by atoms with Crippen LogP contribution in [0.4, 0.5) is 14.5 Å². The summed E-state index contributed by atoms with van der Waals surface area (Å²) < 4.78 is 27.4. The third-order valence-electron chi connectivity index (χ3n) is 3.40. The SMILES string of the molecule is CN1CC(C#Cc2c(F)ccc(N)c2F)=CC2=C1NNC2. The lowest BCUT2D eigenvalue weighted by atomic mass is 10.1. The minimum absolute atomic E-state index is 0.107. The van der Waals surface area contributed by atoms with E-state index in [0.29, 0.717) is 13.1 Å². The third-order valence-corrected chi connectivity index (χ3v) is 3.40. The fraction of sp³-hybridized carbons (Fsp3) is 0.200. The average molecular weight is 288 g/mol. The van der Waals surface area contributed by atoms with E-state index < -0.39 is 11.6 Å². The molecule has 1 aromatic rings. The average Bonchev–Trinajstić information content (AvgIpc) is 2.92. The van der Waals surface area contributed by atoms with E-state index >= 15 is 0 Å². The van der Waals surface area contributed by atoms with Gasteiger partial charge in [0, 0.05) is 24.7 Å². The van der Waals surface area contributed by atoms with Crippen molar-refractivity contribution in [3.63, 3.8) is 0 Å². The summed E-state index contributed by atoms with van der Waals surface area (Å²) >= 11 is 0. The van der Waals surface area contributed by atoms with E-state index in [1.165, 1.54) is 6.07 Å². The zero-order valence-electron chi connectivity index (χ0n) is 11.4.